The summed E-state index contributed by atoms with van der Waals surface area (Å²) in [7, 11) is 0. The molecular formula is C22H29Cl2NO. The lowest BCUT2D eigenvalue weighted by molar-refractivity contribution is 0.301. The number of hydrogen-bond acceptors (Lipinski definition) is 2. The van der Waals surface area contributed by atoms with Crippen LogP contribution < -0.4 is 10.1 Å². The fourth-order valence-corrected chi connectivity index (χ4v) is 3.60. The summed E-state index contributed by atoms with van der Waals surface area (Å²) in [6, 6.07) is 15.0. The monoisotopic (exact) mass is 393 g/mol. The predicted molar refractivity (Wildman–Crippen MR) is 113 cm³/mol. The lowest BCUT2D eigenvalue weighted by Crippen LogP contribution is -2.28. The topological polar surface area (TPSA) is 21.3 Å². The fourth-order valence-electron chi connectivity index (χ4n) is 3.41. The van der Waals surface area contributed by atoms with E-state index in [-0.39, 0.29) is 12.4 Å². The van der Waals surface area contributed by atoms with Gasteiger partial charge in [-0.3, -0.25) is 0 Å². The van der Waals surface area contributed by atoms with E-state index in [2.05, 4.69) is 36.5 Å². The van der Waals surface area contributed by atoms with Gasteiger partial charge < -0.3 is 10.1 Å². The number of hydrogen-bond donors (Lipinski definition) is 1. The summed E-state index contributed by atoms with van der Waals surface area (Å²) in [6.45, 7) is 3.49. The van der Waals surface area contributed by atoms with E-state index >= 15 is 0 Å². The third-order valence-electron chi connectivity index (χ3n) is 4.97. The van der Waals surface area contributed by atoms with Crippen molar-refractivity contribution in [3.05, 3.63) is 64.2 Å². The molecule has 1 N–H and O–H groups in total. The Hall–Kier alpha value is -1.22. The van der Waals surface area contributed by atoms with E-state index in [0.29, 0.717) is 12.6 Å². The Balaban J connectivity index is 0.00000243. The van der Waals surface area contributed by atoms with Crippen molar-refractivity contribution in [3.63, 3.8) is 0 Å². The molecule has 0 unspecified atom stereocenters. The van der Waals surface area contributed by atoms with Crippen LogP contribution in [0.4, 0.5) is 0 Å². The van der Waals surface area contributed by atoms with Crippen molar-refractivity contribution >= 4 is 24.0 Å². The van der Waals surface area contributed by atoms with E-state index in [1.165, 1.54) is 49.7 Å². The first-order chi connectivity index (χ1) is 12.2. The Kier molecular flexibility index (Phi) is 8.77. The summed E-state index contributed by atoms with van der Waals surface area (Å²) >= 11 is 6.22. The molecule has 2 aromatic carbocycles. The second-order valence-corrected chi connectivity index (χ2v) is 7.53. The first kappa shape index (κ1) is 21.1. The number of halogens is 2. The maximum Gasteiger partial charge on any atom is 0.124 e. The van der Waals surface area contributed by atoms with Crippen LogP contribution in [0.15, 0.2) is 42.5 Å². The van der Waals surface area contributed by atoms with Crippen LogP contribution in [0.2, 0.25) is 5.02 Å². The van der Waals surface area contributed by atoms with Crippen molar-refractivity contribution in [1.29, 1.82) is 0 Å². The molecule has 3 rings (SSSR count). The number of rotatable bonds is 6. The Morgan fingerprint density at radius 2 is 1.69 bits per heavy atom. The molecule has 0 atom stereocenters. The van der Waals surface area contributed by atoms with Crippen molar-refractivity contribution in [3.8, 4) is 5.75 Å². The van der Waals surface area contributed by atoms with Gasteiger partial charge in [0.2, 0.25) is 0 Å². The lowest BCUT2D eigenvalue weighted by Gasteiger charge is -2.18. The van der Waals surface area contributed by atoms with Crippen LogP contribution in [0.3, 0.4) is 0 Å². The second-order valence-electron chi connectivity index (χ2n) is 7.10. The van der Waals surface area contributed by atoms with Crippen LogP contribution in [-0.4, -0.2) is 6.04 Å². The van der Waals surface area contributed by atoms with E-state index in [9.17, 15) is 0 Å². The van der Waals surface area contributed by atoms with E-state index in [4.69, 9.17) is 16.3 Å². The molecule has 0 spiro atoms. The molecule has 26 heavy (non-hydrogen) atoms. The highest BCUT2D eigenvalue weighted by atomic mass is 35.5. The number of aryl methyl sites for hydroxylation is 1. The lowest BCUT2D eigenvalue weighted by atomic mass is 10.1. The van der Waals surface area contributed by atoms with Crippen LogP contribution >= 0.6 is 24.0 Å². The number of nitrogens with one attached hydrogen (secondary N) is 1. The molecule has 142 valence electrons. The minimum Gasteiger partial charge on any atom is -0.489 e. The van der Waals surface area contributed by atoms with E-state index in [1.54, 1.807) is 0 Å². The average molecular weight is 394 g/mol. The molecule has 0 bridgehead atoms. The van der Waals surface area contributed by atoms with Crippen LogP contribution in [0.1, 0.15) is 55.2 Å². The largest absolute Gasteiger partial charge is 0.489 e. The molecule has 1 aliphatic rings. The highest BCUT2D eigenvalue weighted by Crippen LogP contribution is 2.25. The second kappa shape index (κ2) is 10.8. The highest BCUT2D eigenvalue weighted by molar-refractivity contribution is 6.30. The van der Waals surface area contributed by atoms with Crippen molar-refractivity contribution in [2.75, 3.05) is 0 Å². The van der Waals surface area contributed by atoms with Crippen LogP contribution in [0.5, 0.6) is 5.75 Å². The van der Waals surface area contributed by atoms with Gasteiger partial charge >= 0.3 is 0 Å². The van der Waals surface area contributed by atoms with Crippen LogP contribution in [0.25, 0.3) is 0 Å². The SMILES string of the molecule is Cc1ccc(COc2ccc(Cl)cc2CNC2CCCCCC2)cc1.Cl. The molecule has 0 aliphatic heterocycles. The van der Waals surface area contributed by atoms with E-state index in [0.717, 1.165) is 22.9 Å². The standard InChI is InChI=1S/C22H28ClNO.ClH/c1-17-8-10-18(11-9-17)16-25-22-13-12-20(23)14-19(22)15-24-21-6-4-2-3-5-7-21;/h8-14,21,24H,2-7,15-16H2,1H3;1H. The third-order valence-corrected chi connectivity index (χ3v) is 5.21. The van der Waals surface area contributed by atoms with Gasteiger partial charge in [-0.2, -0.15) is 0 Å². The third kappa shape index (κ3) is 6.50. The number of benzene rings is 2. The van der Waals surface area contributed by atoms with Crippen molar-refractivity contribution in [2.45, 2.75) is 64.6 Å². The summed E-state index contributed by atoms with van der Waals surface area (Å²) in [5.74, 6) is 0.922. The van der Waals surface area contributed by atoms with Crippen molar-refractivity contribution < 1.29 is 4.74 Å². The maximum absolute atomic E-state index is 6.22. The molecule has 0 radical (unpaired) electrons. The molecule has 4 heteroatoms. The summed E-state index contributed by atoms with van der Waals surface area (Å²) in [5.41, 5.74) is 3.59. The molecule has 0 saturated heterocycles. The molecule has 2 nitrogen and oxygen atoms in total. The Morgan fingerprint density at radius 1 is 1.00 bits per heavy atom. The molecule has 1 fully saturated rings. The molecule has 1 aliphatic carbocycles. The molecule has 2 aromatic rings. The Labute approximate surface area is 168 Å². The minimum atomic E-state index is 0. The zero-order valence-corrected chi connectivity index (χ0v) is 17.0. The first-order valence-electron chi connectivity index (χ1n) is 9.41. The summed E-state index contributed by atoms with van der Waals surface area (Å²) < 4.78 is 6.08. The highest BCUT2D eigenvalue weighted by Gasteiger charge is 2.13. The van der Waals surface area contributed by atoms with E-state index in [1.807, 2.05) is 18.2 Å². The molecule has 1 saturated carbocycles. The Morgan fingerprint density at radius 3 is 2.38 bits per heavy atom. The van der Waals surface area contributed by atoms with Gasteiger partial charge in [0.1, 0.15) is 12.4 Å². The smallest absolute Gasteiger partial charge is 0.124 e. The summed E-state index contributed by atoms with van der Waals surface area (Å²) in [4.78, 5) is 0. The van der Waals surface area contributed by atoms with Crippen molar-refractivity contribution in [1.82, 2.24) is 5.32 Å². The van der Waals surface area contributed by atoms with Gasteiger partial charge in [-0.05, 0) is 43.5 Å². The van der Waals surface area contributed by atoms with Gasteiger partial charge in [0.25, 0.3) is 0 Å². The van der Waals surface area contributed by atoms with Crippen LogP contribution in [-0.2, 0) is 13.2 Å². The van der Waals surface area contributed by atoms with E-state index < -0.39 is 0 Å². The zero-order valence-electron chi connectivity index (χ0n) is 15.5. The van der Waals surface area contributed by atoms with Crippen LogP contribution in [0, 0.1) is 6.92 Å². The molecule has 0 aromatic heterocycles. The van der Waals surface area contributed by atoms with Crippen molar-refractivity contribution in [2.24, 2.45) is 0 Å². The minimum absolute atomic E-state index is 0. The Bertz CT molecular complexity index is 664. The van der Waals surface area contributed by atoms with Gasteiger partial charge in [0.05, 0.1) is 0 Å². The normalized spacial score (nSPS) is 15.2. The average Bonchev–Trinajstić information content (AvgIpc) is 2.89. The molecule has 0 heterocycles. The number of ether oxygens (including phenoxy) is 1. The van der Waals surface area contributed by atoms with Gasteiger partial charge in [-0.15, -0.1) is 12.4 Å². The predicted octanol–water partition coefficient (Wildman–Crippen LogP) is 6.46. The summed E-state index contributed by atoms with van der Waals surface area (Å²) in [6.07, 6.45) is 7.98. The van der Waals surface area contributed by atoms with Gasteiger partial charge in [-0.25, -0.2) is 0 Å². The fraction of sp³-hybridized carbons (Fsp3) is 0.455. The quantitative estimate of drug-likeness (QED) is 0.568. The van der Waals surface area contributed by atoms with Gasteiger partial charge in [-0.1, -0.05) is 67.1 Å². The summed E-state index contributed by atoms with van der Waals surface area (Å²) in [5, 5.41) is 4.48. The molecular weight excluding hydrogens is 365 g/mol. The molecule has 0 amide bonds. The first-order valence-corrected chi connectivity index (χ1v) is 9.78. The zero-order chi connectivity index (χ0) is 17.5. The van der Waals surface area contributed by atoms with Gasteiger partial charge in [0, 0.05) is 23.2 Å². The maximum atomic E-state index is 6.22. The van der Waals surface area contributed by atoms with Gasteiger partial charge in [0.15, 0.2) is 0 Å².